The third-order valence-corrected chi connectivity index (χ3v) is 4.54. The van der Waals surface area contributed by atoms with E-state index in [0.717, 1.165) is 24.3 Å². The first kappa shape index (κ1) is 22.2. The van der Waals surface area contributed by atoms with Crippen LogP contribution in [0.4, 0.5) is 13.2 Å². The summed E-state index contributed by atoms with van der Waals surface area (Å²) in [5, 5.41) is 2.45. The zero-order valence-corrected chi connectivity index (χ0v) is 15.4. The number of hydrogen-bond acceptors (Lipinski definition) is 3. The van der Waals surface area contributed by atoms with Crippen LogP contribution < -0.4 is 11.1 Å². The molecule has 0 spiro atoms. The van der Waals surface area contributed by atoms with Gasteiger partial charge < -0.3 is 16.0 Å². The second-order valence-electron chi connectivity index (χ2n) is 6.96. The highest BCUT2D eigenvalue weighted by atomic mass is 35.5. The van der Waals surface area contributed by atoms with Crippen LogP contribution in [0.1, 0.15) is 36.2 Å². The van der Waals surface area contributed by atoms with E-state index in [4.69, 9.17) is 5.73 Å². The van der Waals surface area contributed by atoms with E-state index in [1.807, 2.05) is 13.8 Å². The zero-order chi connectivity index (χ0) is 18.8. The monoisotopic (exact) mass is 393 g/mol. The number of carbonyl (C=O) groups is 2. The minimum absolute atomic E-state index is 0. The molecule has 2 rings (SSSR count). The molecule has 0 saturated carbocycles. The van der Waals surface area contributed by atoms with Crippen molar-refractivity contribution in [3.63, 3.8) is 0 Å². The minimum Gasteiger partial charge on any atom is -0.343 e. The van der Waals surface area contributed by atoms with Crippen molar-refractivity contribution in [1.82, 2.24) is 10.2 Å². The van der Waals surface area contributed by atoms with Crippen LogP contribution in [0.25, 0.3) is 0 Å². The molecule has 0 aromatic heterocycles. The summed E-state index contributed by atoms with van der Waals surface area (Å²) < 4.78 is 37.5. The van der Waals surface area contributed by atoms with Gasteiger partial charge in [0.15, 0.2) is 0 Å². The molecule has 3 N–H and O–H groups in total. The number of amides is 2. The average molecular weight is 394 g/mol. The smallest absolute Gasteiger partial charge is 0.343 e. The van der Waals surface area contributed by atoms with E-state index in [-0.39, 0.29) is 41.9 Å². The number of carbonyl (C=O) groups excluding carboxylic acids is 2. The van der Waals surface area contributed by atoms with Crippen LogP contribution in [0.3, 0.4) is 0 Å². The summed E-state index contributed by atoms with van der Waals surface area (Å²) in [5.41, 5.74) is 5.07. The summed E-state index contributed by atoms with van der Waals surface area (Å²) in [5.74, 6) is -0.824. The number of halogens is 4. The van der Waals surface area contributed by atoms with Gasteiger partial charge in [-0.1, -0.05) is 13.8 Å². The van der Waals surface area contributed by atoms with E-state index in [0.29, 0.717) is 19.5 Å². The lowest BCUT2D eigenvalue weighted by Gasteiger charge is -2.42. The fraction of sp³-hybridized carbons (Fsp3) is 0.529. The van der Waals surface area contributed by atoms with Crippen molar-refractivity contribution in [2.24, 2.45) is 11.1 Å². The number of nitrogens with one attached hydrogen (secondary N) is 1. The standard InChI is InChI=1S/C17H22F3N3O2.ClH/c1-16(2)10-23(8-7-13(16)21)14(24)9-22-15(25)11-3-5-12(6-4-11)17(18,19)20;/h3-6,13H,7-10,21H2,1-2H3,(H,22,25);1H. The highest BCUT2D eigenvalue weighted by Crippen LogP contribution is 2.29. The third-order valence-electron chi connectivity index (χ3n) is 4.54. The summed E-state index contributed by atoms with van der Waals surface area (Å²) in [6.07, 6.45) is -3.77. The molecule has 1 heterocycles. The topological polar surface area (TPSA) is 75.4 Å². The minimum atomic E-state index is -4.45. The van der Waals surface area contributed by atoms with Crippen LogP contribution >= 0.6 is 12.4 Å². The van der Waals surface area contributed by atoms with E-state index < -0.39 is 17.6 Å². The predicted octanol–water partition coefficient (Wildman–Crippen LogP) is 2.44. The van der Waals surface area contributed by atoms with Gasteiger partial charge in [0.2, 0.25) is 5.91 Å². The molecule has 1 aromatic rings. The number of hydrogen-bond donors (Lipinski definition) is 2. The van der Waals surface area contributed by atoms with Crippen LogP contribution in [0, 0.1) is 5.41 Å². The Hall–Kier alpha value is -1.80. The van der Waals surface area contributed by atoms with Crippen molar-refractivity contribution in [2.75, 3.05) is 19.6 Å². The first-order valence-corrected chi connectivity index (χ1v) is 7.99. The van der Waals surface area contributed by atoms with Crippen molar-refractivity contribution < 1.29 is 22.8 Å². The average Bonchev–Trinajstić information content (AvgIpc) is 2.54. The van der Waals surface area contributed by atoms with Crippen LogP contribution in [0.5, 0.6) is 0 Å². The fourth-order valence-electron chi connectivity index (χ4n) is 2.77. The van der Waals surface area contributed by atoms with Crippen LogP contribution in [-0.4, -0.2) is 42.4 Å². The predicted molar refractivity (Wildman–Crippen MR) is 94.0 cm³/mol. The summed E-state index contributed by atoms with van der Waals surface area (Å²) in [6.45, 7) is 4.80. The molecule has 26 heavy (non-hydrogen) atoms. The summed E-state index contributed by atoms with van der Waals surface area (Å²) in [4.78, 5) is 25.9. The molecular formula is C17H23ClF3N3O2. The molecule has 146 valence electrons. The Bertz CT molecular complexity index is 648. The lowest BCUT2D eigenvalue weighted by molar-refractivity contribution is -0.137. The number of piperidine rings is 1. The van der Waals surface area contributed by atoms with Crippen LogP contribution in [-0.2, 0) is 11.0 Å². The quantitative estimate of drug-likeness (QED) is 0.828. The van der Waals surface area contributed by atoms with Gasteiger partial charge in [0.1, 0.15) is 0 Å². The molecule has 0 radical (unpaired) electrons. The Balaban J connectivity index is 0.00000338. The molecule has 2 amide bonds. The van der Waals surface area contributed by atoms with Crippen LogP contribution in [0.2, 0.25) is 0 Å². The van der Waals surface area contributed by atoms with Crippen molar-refractivity contribution in [1.29, 1.82) is 0 Å². The number of rotatable bonds is 3. The molecule has 1 unspecified atom stereocenters. The first-order chi connectivity index (χ1) is 11.5. The zero-order valence-electron chi connectivity index (χ0n) is 14.6. The van der Waals surface area contributed by atoms with Gasteiger partial charge in [-0.05, 0) is 36.1 Å². The summed E-state index contributed by atoms with van der Waals surface area (Å²) in [7, 11) is 0. The van der Waals surface area contributed by atoms with E-state index in [1.165, 1.54) is 0 Å². The van der Waals surface area contributed by atoms with Gasteiger partial charge in [-0.15, -0.1) is 12.4 Å². The fourth-order valence-corrected chi connectivity index (χ4v) is 2.77. The molecule has 1 atom stereocenters. The van der Waals surface area contributed by atoms with E-state index in [9.17, 15) is 22.8 Å². The third kappa shape index (κ3) is 5.35. The van der Waals surface area contributed by atoms with Crippen LogP contribution in [0.15, 0.2) is 24.3 Å². The van der Waals surface area contributed by atoms with Gasteiger partial charge in [0, 0.05) is 24.7 Å². The van der Waals surface area contributed by atoms with Gasteiger partial charge in [-0.3, -0.25) is 9.59 Å². The second kappa shape index (κ2) is 8.26. The summed E-state index contributed by atoms with van der Waals surface area (Å²) in [6, 6.07) is 3.87. The Labute approximate surface area is 156 Å². The highest BCUT2D eigenvalue weighted by molar-refractivity contribution is 5.96. The van der Waals surface area contributed by atoms with Gasteiger partial charge in [-0.25, -0.2) is 0 Å². The summed E-state index contributed by atoms with van der Waals surface area (Å²) >= 11 is 0. The van der Waals surface area contributed by atoms with E-state index >= 15 is 0 Å². The maximum atomic E-state index is 12.5. The first-order valence-electron chi connectivity index (χ1n) is 7.99. The number of benzene rings is 1. The lowest BCUT2D eigenvalue weighted by atomic mass is 9.79. The number of nitrogens with zero attached hydrogens (tertiary/aromatic N) is 1. The van der Waals surface area contributed by atoms with Gasteiger partial charge in [0.05, 0.1) is 12.1 Å². The molecule has 1 fully saturated rings. The molecule has 1 aromatic carbocycles. The van der Waals surface area contributed by atoms with Crippen molar-refractivity contribution in [3.8, 4) is 0 Å². The highest BCUT2D eigenvalue weighted by Gasteiger charge is 2.35. The van der Waals surface area contributed by atoms with Gasteiger partial charge >= 0.3 is 6.18 Å². The van der Waals surface area contributed by atoms with E-state index in [1.54, 1.807) is 4.90 Å². The molecular weight excluding hydrogens is 371 g/mol. The van der Waals surface area contributed by atoms with Crippen molar-refractivity contribution in [2.45, 2.75) is 32.5 Å². The number of alkyl halides is 3. The molecule has 1 aliphatic heterocycles. The maximum Gasteiger partial charge on any atom is 0.416 e. The number of nitrogens with two attached hydrogens (primary N) is 1. The SMILES string of the molecule is CC1(C)CN(C(=O)CNC(=O)c2ccc(C(F)(F)F)cc2)CCC1N.Cl. The Morgan fingerprint density at radius 1 is 1.27 bits per heavy atom. The normalized spacial score (nSPS) is 19.5. The van der Waals surface area contributed by atoms with Gasteiger partial charge in [0.25, 0.3) is 5.91 Å². The number of likely N-dealkylation sites (tertiary alicyclic amines) is 1. The molecule has 9 heteroatoms. The lowest BCUT2D eigenvalue weighted by Crippen LogP contribution is -2.55. The molecule has 5 nitrogen and oxygen atoms in total. The Morgan fingerprint density at radius 3 is 2.35 bits per heavy atom. The maximum absolute atomic E-state index is 12.5. The molecule has 0 aliphatic carbocycles. The van der Waals surface area contributed by atoms with Crippen molar-refractivity contribution in [3.05, 3.63) is 35.4 Å². The molecule has 1 aliphatic rings. The second-order valence-corrected chi connectivity index (χ2v) is 6.96. The van der Waals surface area contributed by atoms with Crippen molar-refractivity contribution >= 4 is 24.2 Å². The molecule has 1 saturated heterocycles. The molecule has 0 bridgehead atoms. The van der Waals surface area contributed by atoms with E-state index in [2.05, 4.69) is 5.32 Å². The Morgan fingerprint density at radius 2 is 1.85 bits per heavy atom. The largest absolute Gasteiger partial charge is 0.416 e. The Kier molecular flexibility index (Phi) is 7.07. The van der Waals surface area contributed by atoms with Gasteiger partial charge in [-0.2, -0.15) is 13.2 Å².